The number of aromatic amines is 1. The highest BCUT2D eigenvalue weighted by atomic mass is 35.5. The van der Waals surface area contributed by atoms with Gasteiger partial charge in [0.1, 0.15) is 6.04 Å². The van der Waals surface area contributed by atoms with Crippen LogP contribution in [0.15, 0.2) is 24.4 Å². The fourth-order valence-electron chi connectivity index (χ4n) is 1.69. The predicted octanol–water partition coefficient (Wildman–Crippen LogP) is 1.78. The van der Waals surface area contributed by atoms with E-state index in [2.05, 4.69) is 4.98 Å². The quantitative estimate of drug-likeness (QED) is 0.763. The summed E-state index contributed by atoms with van der Waals surface area (Å²) >= 11 is 6.06. The molecular formula is C11H11ClN2O2. The van der Waals surface area contributed by atoms with Gasteiger partial charge in [0.15, 0.2) is 0 Å². The van der Waals surface area contributed by atoms with Gasteiger partial charge in [0.2, 0.25) is 0 Å². The SMILES string of the molecule is N[C@@H](Cc1c[nH]c2cccc(Cl)c12)C(=O)O. The number of hydrogen-bond acceptors (Lipinski definition) is 2. The van der Waals surface area contributed by atoms with Gasteiger partial charge in [-0.05, 0) is 17.7 Å². The number of aromatic nitrogens is 1. The van der Waals surface area contributed by atoms with Crippen molar-refractivity contribution in [3.05, 3.63) is 35.0 Å². The molecule has 0 bridgehead atoms. The zero-order chi connectivity index (χ0) is 11.7. The predicted molar refractivity (Wildman–Crippen MR) is 62.6 cm³/mol. The standard InChI is InChI=1S/C11H11ClN2O2/c12-7-2-1-3-9-10(7)6(5-14-9)4-8(13)11(15)16/h1-3,5,8,14H,4,13H2,(H,15,16)/t8-/m0/s1. The number of carboxylic acids is 1. The first-order valence-corrected chi connectivity index (χ1v) is 5.20. The minimum atomic E-state index is -1.01. The number of hydrogen-bond donors (Lipinski definition) is 3. The van der Waals surface area contributed by atoms with Gasteiger partial charge < -0.3 is 15.8 Å². The normalized spacial score (nSPS) is 12.9. The summed E-state index contributed by atoms with van der Waals surface area (Å²) in [6.45, 7) is 0. The van der Waals surface area contributed by atoms with Crippen molar-refractivity contribution in [2.75, 3.05) is 0 Å². The molecule has 0 saturated heterocycles. The lowest BCUT2D eigenvalue weighted by Crippen LogP contribution is -2.32. The van der Waals surface area contributed by atoms with Gasteiger partial charge >= 0.3 is 5.97 Å². The molecule has 16 heavy (non-hydrogen) atoms. The Morgan fingerprint density at radius 2 is 2.31 bits per heavy atom. The Bertz CT molecular complexity index is 536. The average molecular weight is 239 g/mol. The number of nitrogens with one attached hydrogen (secondary N) is 1. The van der Waals surface area contributed by atoms with E-state index in [1.807, 2.05) is 12.1 Å². The fraction of sp³-hybridized carbons (Fsp3) is 0.182. The van der Waals surface area contributed by atoms with Gasteiger partial charge in [-0.15, -0.1) is 0 Å². The second kappa shape index (κ2) is 4.15. The fourth-order valence-corrected chi connectivity index (χ4v) is 1.99. The molecule has 1 aromatic heterocycles. The monoisotopic (exact) mass is 238 g/mol. The van der Waals surface area contributed by atoms with E-state index in [-0.39, 0.29) is 6.42 Å². The topological polar surface area (TPSA) is 79.1 Å². The third-order valence-corrected chi connectivity index (χ3v) is 2.81. The molecule has 84 valence electrons. The zero-order valence-corrected chi connectivity index (χ0v) is 9.16. The molecule has 1 heterocycles. The van der Waals surface area contributed by atoms with Crippen LogP contribution in [0.5, 0.6) is 0 Å². The maximum Gasteiger partial charge on any atom is 0.320 e. The van der Waals surface area contributed by atoms with E-state index in [1.165, 1.54) is 0 Å². The second-order valence-corrected chi connectivity index (χ2v) is 4.03. The highest BCUT2D eigenvalue weighted by molar-refractivity contribution is 6.35. The second-order valence-electron chi connectivity index (χ2n) is 3.63. The van der Waals surface area contributed by atoms with E-state index in [4.69, 9.17) is 22.4 Å². The molecule has 0 unspecified atom stereocenters. The maximum absolute atomic E-state index is 10.7. The van der Waals surface area contributed by atoms with E-state index in [0.29, 0.717) is 5.02 Å². The Morgan fingerprint density at radius 1 is 1.56 bits per heavy atom. The van der Waals surface area contributed by atoms with Crippen LogP contribution in [0.4, 0.5) is 0 Å². The molecular weight excluding hydrogens is 228 g/mol. The van der Waals surface area contributed by atoms with Crippen LogP contribution in [0.3, 0.4) is 0 Å². The molecule has 0 amide bonds. The summed E-state index contributed by atoms with van der Waals surface area (Å²) in [6.07, 6.45) is 2.01. The summed E-state index contributed by atoms with van der Waals surface area (Å²) in [4.78, 5) is 13.7. The van der Waals surface area contributed by atoms with E-state index in [0.717, 1.165) is 16.5 Å². The van der Waals surface area contributed by atoms with E-state index in [1.54, 1.807) is 12.3 Å². The summed E-state index contributed by atoms with van der Waals surface area (Å²) in [5.74, 6) is -1.01. The molecule has 0 saturated carbocycles. The zero-order valence-electron chi connectivity index (χ0n) is 8.40. The lowest BCUT2D eigenvalue weighted by atomic mass is 10.1. The number of aliphatic carboxylic acids is 1. The van der Waals surface area contributed by atoms with Gasteiger partial charge in [-0.25, -0.2) is 0 Å². The first kappa shape index (κ1) is 11.0. The highest BCUT2D eigenvalue weighted by Gasteiger charge is 2.15. The molecule has 4 nitrogen and oxygen atoms in total. The minimum Gasteiger partial charge on any atom is -0.480 e. The van der Waals surface area contributed by atoms with Crippen molar-refractivity contribution in [1.29, 1.82) is 0 Å². The Morgan fingerprint density at radius 3 is 3.00 bits per heavy atom. The molecule has 0 aliphatic heterocycles. The van der Waals surface area contributed by atoms with Gasteiger partial charge in [0.25, 0.3) is 0 Å². The van der Waals surface area contributed by atoms with Crippen LogP contribution in [0.2, 0.25) is 5.02 Å². The molecule has 1 aromatic carbocycles. The Hall–Kier alpha value is -1.52. The molecule has 1 atom stereocenters. The molecule has 0 fully saturated rings. The van der Waals surface area contributed by atoms with Crippen molar-refractivity contribution in [3.63, 3.8) is 0 Å². The number of carbonyl (C=O) groups is 1. The number of halogens is 1. The minimum absolute atomic E-state index is 0.263. The van der Waals surface area contributed by atoms with Crippen LogP contribution in [0.1, 0.15) is 5.56 Å². The number of fused-ring (bicyclic) bond motifs is 1. The molecule has 2 aromatic rings. The largest absolute Gasteiger partial charge is 0.480 e. The van der Waals surface area contributed by atoms with Gasteiger partial charge in [-0.1, -0.05) is 17.7 Å². The van der Waals surface area contributed by atoms with Crippen LogP contribution in [0, 0.1) is 0 Å². The Balaban J connectivity index is 2.42. The molecule has 0 radical (unpaired) electrons. The number of H-pyrrole nitrogens is 1. The van der Waals surface area contributed by atoms with Crippen molar-refractivity contribution in [2.45, 2.75) is 12.5 Å². The third-order valence-electron chi connectivity index (χ3n) is 2.49. The summed E-state index contributed by atoms with van der Waals surface area (Å²) in [5.41, 5.74) is 7.21. The van der Waals surface area contributed by atoms with Gasteiger partial charge in [0.05, 0.1) is 5.02 Å². The Labute approximate surface area is 97.0 Å². The molecule has 0 spiro atoms. The van der Waals surface area contributed by atoms with E-state index < -0.39 is 12.0 Å². The molecule has 5 heteroatoms. The molecule has 0 aliphatic carbocycles. The van der Waals surface area contributed by atoms with Crippen LogP contribution in [-0.2, 0) is 11.2 Å². The van der Waals surface area contributed by atoms with Crippen molar-refractivity contribution < 1.29 is 9.90 Å². The molecule has 0 aliphatic rings. The molecule has 4 N–H and O–H groups in total. The molecule has 2 rings (SSSR count). The number of carboxylic acid groups (broad SMARTS) is 1. The summed E-state index contributed by atoms with van der Waals surface area (Å²) in [7, 11) is 0. The van der Waals surface area contributed by atoms with Crippen molar-refractivity contribution >= 4 is 28.5 Å². The first-order chi connectivity index (χ1) is 7.59. The summed E-state index contributed by atoms with van der Waals surface area (Å²) in [6, 6.07) is 4.59. The van der Waals surface area contributed by atoms with Crippen molar-refractivity contribution in [1.82, 2.24) is 4.98 Å². The van der Waals surface area contributed by atoms with Crippen LogP contribution < -0.4 is 5.73 Å². The van der Waals surface area contributed by atoms with Crippen molar-refractivity contribution in [3.8, 4) is 0 Å². The lowest BCUT2D eigenvalue weighted by Gasteiger charge is -2.05. The highest BCUT2D eigenvalue weighted by Crippen LogP contribution is 2.27. The summed E-state index contributed by atoms with van der Waals surface area (Å²) in [5, 5.41) is 10.2. The number of rotatable bonds is 3. The van der Waals surface area contributed by atoms with E-state index >= 15 is 0 Å². The van der Waals surface area contributed by atoms with Gasteiger partial charge in [-0.2, -0.15) is 0 Å². The third kappa shape index (κ3) is 1.89. The number of nitrogens with two attached hydrogens (primary N) is 1. The smallest absolute Gasteiger partial charge is 0.320 e. The number of benzene rings is 1. The van der Waals surface area contributed by atoms with E-state index in [9.17, 15) is 4.79 Å². The first-order valence-electron chi connectivity index (χ1n) is 4.82. The maximum atomic E-state index is 10.7. The van der Waals surface area contributed by atoms with Crippen molar-refractivity contribution in [2.24, 2.45) is 5.73 Å². The van der Waals surface area contributed by atoms with Crippen LogP contribution >= 0.6 is 11.6 Å². The van der Waals surface area contributed by atoms with Crippen LogP contribution in [-0.4, -0.2) is 22.1 Å². The lowest BCUT2D eigenvalue weighted by molar-refractivity contribution is -0.138. The van der Waals surface area contributed by atoms with Crippen LogP contribution in [0.25, 0.3) is 10.9 Å². The average Bonchev–Trinajstić information content (AvgIpc) is 2.63. The van der Waals surface area contributed by atoms with Gasteiger partial charge in [0, 0.05) is 23.5 Å². The summed E-state index contributed by atoms with van der Waals surface area (Å²) < 4.78 is 0. The Kier molecular flexibility index (Phi) is 2.85. The van der Waals surface area contributed by atoms with Gasteiger partial charge in [-0.3, -0.25) is 4.79 Å².